The van der Waals surface area contributed by atoms with Crippen molar-refractivity contribution in [3.8, 4) is 0 Å². The highest BCUT2D eigenvalue weighted by atomic mass is 19.4. The van der Waals surface area contributed by atoms with Gasteiger partial charge in [0.25, 0.3) is 0 Å². The van der Waals surface area contributed by atoms with Crippen LogP contribution in [0, 0.1) is 0 Å². The standard InChI is InChI=1S/2C19H19F3N6.CH4/c2*1-13(14-2-3-16-17(10-14)24-5-4-23-16)27-6-8-28(9-7-27)18-25-11-15(12-26-18)19(20,21)22;/h2*2-5,10-13H,6-9H2,1H3;1H4/t2*13-;/m10./s1. The van der Waals surface area contributed by atoms with E-state index < -0.39 is 23.5 Å². The van der Waals surface area contributed by atoms with E-state index in [2.05, 4.69) is 87.8 Å². The summed E-state index contributed by atoms with van der Waals surface area (Å²) in [5.41, 5.74) is 4.11. The maximum Gasteiger partial charge on any atom is 0.419 e. The Hall–Kier alpha value is -5.62. The van der Waals surface area contributed by atoms with Crippen molar-refractivity contribution in [3.05, 3.63) is 108 Å². The number of anilines is 2. The highest BCUT2D eigenvalue weighted by Gasteiger charge is 2.33. The molecule has 2 saturated heterocycles. The first-order valence-electron chi connectivity index (χ1n) is 18.0. The molecule has 0 N–H and O–H groups in total. The number of piperazine rings is 2. The van der Waals surface area contributed by atoms with Crippen LogP contribution in [0.2, 0.25) is 0 Å². The lowest BCUT2D eigenvalue weighted by Crippen LogP contribution is -2.47. The fraction of sp³-hybridized carbons (Fsp3) is 0.385. The average molecular weight is 793 g/mol. The highest BCUT2D eigenvalue weighted by molar-refractivity contribution is 5.75. The van der Waals surface area contributed by atoms with Crippen LogP contribution in [-0.4, -0.2) is 102 Å². The summed E-state index contributed by atoms with van der Waals surface area (Å²) in [5.74, 6) is 0.669. The normalized spacial score (nSPS) is 16.8. The molecule has 2 aliphatic heterocycles. The zero-order valence-corrected chi connectivity index (χ0v) is 30.5. The quantitative estimate of drug-likeness (QED) is 0.158. The van der Waals surface area contributed by atoms with Gasteiger partial charge in [-0.15, -0.1) is 0 Å². The van der Waals surface area contributed by atoms with Crippen LogP contribution in [0.4, 0.5) is 38.2 Å². The molecule has 0 bridgehead atoms. The maximum absolute atomic E-state index is 12.7. The van der Waals surface area contributed by atoms with E-state index in [0.717, 1.165) is 84.2 Å². The Morgan fingerprint density at radius 3 is 1.09 bits per heavy atom. The van der Waals surface area contributed by atoms with Crippen molar-refractivity contribution < 1.29 is 26.3 Å². The Morgan fingerprint density at radius 1 is 0.456 bits per heavy atom. The number of hydrogen-bond donors (Lipinski definition) is 0. The van der Waals surface area contributed by atoms with Gasteiger partial charge in [-0.2, -0.15) is 26.3 Å². The monoisotopic (exact) mass is 792 g/mol. The summed E-state index contributed by atoms with van der Waals surface area (Å²) in [6.45, 7) is 9.98. The molecule has 57 heavy (non-hydrogen) atoms. The third-order valence-corrected chi connectivity index (χ3v) is 10.2. The Balaban J connectivity index is 0.000000189. The summed E-state index contributed by atoms with van der Waals surface area (Å²) < 4.78 is 75.9. The van der Waals surface area contributed by atoms with E-state index in [1.165, 1.54) is 0 Å². The molecule has 12 nitrogen and oxygen atoms in total. The summed E-state index contributed by atoms with van der Waals surface area (Å²) in [4.78, 5) is 41.4. The first-order valence-corrected chi connectivity index (χ1v) is 18.0. The SMILES string of the molecule is C.C[C@@H](c1ccc2nccnc2c1)N1CCN(c2ncc(C(F)(F)F)cn2)CC1.C[C@H](c1ccc2nccnc2c1)N1CCN(c2ncc(C(F)(F)F)cn2)CC1. The zero-order chi connectivity index (χ0) is 39.5. The topological polar surface area (TPSA) is 116 Å². The number of fused-ring (bicyclic) bond motifs is 2. The third kappa shape index (κ3) is 9.68. The van der Waals surface area contributed by atoms with Crippen LogP contribution in [0.1, 0.15) is 55.6 Å². The Morgan fingerprint density at radius 2 is 0.772 bits per heavy atom. The molecule has 18 heteroatoms. The number of aromatic nitrogens is 8. The van der Waals surface area contributed by atoms with Crippen LogP contribution in [0.25, 0.3) is 22.1 Å². The highest BCUT2D eigenvalue weighted by Crippen LogP contribution is 2.31. The number of rotatable bonds is 6. The van der Waals surface area contributed by atoms with E-state index in [1.54, 1.807) is 24.8 Å². The van der Waals surface area contributed by atoms with Gasteiger partial charge in [-0.1, -0.05) is 19.6 Å². The minimum atomic E-state index is -4.42. The van der Waals surface area contributed by atoms with Crippen molar-refractivity contribution in [2.45, 2.75) is 45.7 Å². The molecule has 2 aromatic carbocycles. The van der Waals surface area contributed by atoms with Crippen LogP contribution in [0.15, 0.2) is 86.0 Å². The van der Waals surface area contributed by atoms with E-state index in [0.29, 0.717) is 38.1 Å². The van der Waals surface area contributed by atoms with Gasteiger partial charge in [-0.3, -0.25) is 29.7 Å². The molecular weight excluding hydrogens is 751 g/mol. The average Bonchev–Trinajstić information content (AvgIpc) is 3.22. The van der Waals surface area contributed by atoms with Crippen molar-refractivity contribution in [2.24, 2.45) is 0 Å². The van der Waals surface area contributed by atoms with Gasteiger partial charge in [-0.25, -0.2) is 19.9 Å². The fourth-order valence-electron chi connectivity index (χ4n) is 6.78. The van der Waals surface area contributed by atoms with Crippen LogP contribution in [0.5, 0.6) is 0 Å². The van der Waals surface area contributed by atoms with Gasteiger partial charge in [0.2, 0.25) is 11.9 Å². The Kier molecular flexibility index (Phi) is 12.4. The summed E-state index contributed by atoms with van der Waals surface area (Å²) >= 11 is 0. The third-order valence-electron chi connectivity index (χ3n) is 10.2. The first-order chi connectivity index (χ1) is 26.8. The largest absolute Gasteiger partial charge is 0.419 e. The number of nitrogens with zero attached hydrogens (tertiary/aromatic N) is 12. The summed E-state index contributed by atoms with van der Waals surface area (Å²) in [6.07, 6.45) is 1.23. The van der Waals surface area contributed by atoms with Gasteiger partial charge in [0.1, 0.15) is 0 Å². The van der Waals surface area contributed by atoms with Gasteiger partial charge in [0.05, 0.1) is 33.2 Å². The van der Waals surface area contributed by atoms with Crippen LogP contribution in [-0.2, 0) is 12.4 Å². The van der Waals surface area contributed by atoms with E-state index in [-0.39, 0.29) is 19.5 Å². The van der Waals surface area contributed by atoms with Crippen molar-refractivity contribution in [2.75, 3.05) is 62.2 Å². The molecule has 2 fully saturated rings. The first kappa shape index (κ1) is 41.0. The van der Waals surface area contributed by atoms with Gasteiger partial charge in [-0.05, 0) is 49.2 Å². The minimum absolute atomic E-state index is 0. The number of hydrogen-bond acceptors (Lipinski definition) is 12. The molecule has 0 radical (unpaired) electrons. The zero-order valence-electron chi connectivity index (χ0n) is 30.5. The molecule has 0 amide bonds. The Labute approximate surface area is 325 Å². The van der Waals surface area contributed by atoms with Crippen molar-refractivity contribution >= 4 is 34.0 Å². The molecule has 2 aliphatic rings. The molecule has 0 spiro atoms. The molecule has 0 unspecified atom stereocenters. The molecule has 6 heterocycles. The molecule has 4 aromatic heterocycles. The lowest BCUT2D eigenvalue weighted by atomic mass is 10.1. The predicted octanol–water partition coefficient (Wildman–Crippen LogP) is 7.28. The summed E-state index contributed by atoms with van der Waals surface area (Å²) in [6, 6.07) is 12.6. The van der Waals surface area contributed by atoms with Gasteiger partial charge < -0.3 is 9.80 Å². The Bertz CT molecular complexity index is 2060. The van der Waals surface area contributed by atoms with Gasteiger partial charge in [0, 0.05) is 114 Å². The molecule has 300 valence electrons. The molecular formula is C39H42F6N12. The lowest BCUT2D eigenvalue weighted by Gasteiger charge is -2.38. The second-order valence-corrected chi connectivity index (χ2v) is 13.5. The second kappa shape index (κ2) is 17.3. The molecule has 0 saturated carbocycles. The molecule has 2 atom stereocenters. The second-order valence-electron chi connectivity index (χ2n) is 13.5. The lowest BCUT2D eigenvalue weighted by molar-refractivity contribution is -0.138. The summed E-state index contributed by atoms with van der Waals surface area (Å²) in [7, 11) is 0. The van der Waals surface area contributed by atoms with Gasteiger partial charge in [0.15, 0.2) is 0 Å². The van der Waals surface area contributed by atoms with Crippen LogP contribution in [0.3, 0.4) is 0 Å². The van der Waals surface area contributed by atoms with Crippen LogP contribution >= 0.6 is 0 Å². The number of halogens is 6. The maximum atomic E-state index is 12.7. The summed E-state index contributed by atoms with van der Waals surface area (Å²) in [5, 5.41) is 0. The van der Waals surface area contributed by atoms with E-state index in [9.17, 15) is 26.3 Å². The van der Waals surface area contributed by atoms with Crippen molar-refractivity contribution in [1.82, 2.24) is 49.7 Å². The van der Waals surface area contributed by atoms with Gasteiger partial charge >= 0.3 is 12.4 Å². The molecule has 8 rings (SSSR count). The smallest absolute Gasteiger partial charge is 0.338 e. The predicted molar refractivity (Wildman–Crippen MR) is 204 cm³/mol. The van der Waals surface area contributed by atoms with Crippen molar-refractivity contribution in [1.29, 1.82) is 0 Å². The van der Waals surface area contributed by atoms with E-state index >= 15 is 0 Å². The van der Waals surface area contributed by atoms with Crippen molar-refractivity contribution in [3.63, 3.8) is 0 Å². The minimum Gasteiger partial charge on any atom is -0.338 e. The van der Waals surface area contributed by atoms with E-state index in [1.807, 2.05) is 21.9 Å². The van der Waals surface area contributed by atoms with E-state index in [4.69, 9.17) is 0 Å². The number of benzene rings is 2. The fourth-order valence-corrected chi connectivity index (χ4v) is 6.78. The molecule has 0 aliphatic carbocycles. The molecule has 6 aromatic rings. The van der Waals surface area contributed by atoms with Crippen LogP contribution < -0.4 is 9.80 Å². The number of alkyl halides is 6.